The van der Waals surface area contributed by atoms with Gasteiger partial charge in [0.05, 0.1) is 24.3 Å². The molecule has 0 unspecified atom stereocenters. The fraction of sp³-hybridized carbons (Fsp3) is 0.250. The van der Waals surface area contributed by atoms with Crippen LogP contribution in [-0.2, 0) is 11.2 Å². The summed E-state index contributed by atoms with van der Waals surface area (Å²) in [5.74, 6) is 0.0170. The Balaban J connectivity index is 2.40. The first-order valence-corrected chi connectivity index (χ1v) is 7.41. The van der Waals surface area contributed by atoms with E-state index in [0.29, 0.717) is 23.1 Å². The molecule has 21 heavy (non-hydrogen) atoms. The van der Waals surface area contributed by atoms with Crippen molar-refractivity contribution in [2.75, 3.05) is 19.8 Å². The van der Waals surface area contributed by atoms with Gasteiger partial charge in [-0.3, -0.25) is 0 Å². The van der Waals surface area contributed by atoms with Gasteiger partial charge in [0.15, 0.2) is 0 Å². The standard InChI is InChI=1S/C16H17BrO4/c17-16-12(6-8-21-9-7-18)15(13(19)10-14(16)20)11-4-2-1-3-5-11/h1-5,10,18-20H,6-9H2. The maximum absolute atomic E-state index is 10.2. The molecule has 2 aromatic rings. The van der Waals surface area contributed by atoms with E-state index in [1.54, 1.807) is 0 Å². The molecule has 0 bridgehead atoms. The van der Waals surface area contributed by atoms with Gasteiger partial charge in [-0.2, -0.15) is 0 Å². The fourth-order valence-corrected chi connectivity index (χ4v) is 2.70. The Hall–Kier alpha value is -1.56. The molecule has 5 heteroatoms. The minimum atomic E-state index is -0.0298. The van der Waals surface area contributed by atoms with Crippen LogP contribution in [0, 0.1) is 0 Å². The van der Waals surface area contributed by atoms with Gasteiger partial charge in [-0.05, 0) is 33.5 Å². The molecule has 0 aliphatic carbocycles. The predicted octanol–water partition coefficient (Wildman–Crippen LogP) is 3.08. The van der Waals surface area contributed by atoms with Crippen molar-refractivity contribution in [1.29, 1.82) is 0 Å². The smallest absolute Gasteiger partial charge is 0.133 e. The highest BCUT2D eigenvalue weighted by molar-refractivity contribution is 9.10. The minimum Gasteiger partial charge on any atom is -0.507 e. The first kappa shape index (κ1) is 15.8. The third-order valence-corrected chi connectivity index (χ3v) is 4.00. The summed E-state index contributed by atoms with van der Waals surface area (Å²) in [6, 6.07) is 10.8. The van der Waals surface area contributed by atoms with Crippen LogP contribution in [0.4, 0.5) is 0 Å². The molecule has 0 aromatic heterocycles. The van der Waals surface area contributed by atoms with Crippen LogP contribution in [0.5, 0.6) is 11.5 Å². The van der Waals surface area contributed by atoms with Crippen LogP contribution in [0.3, 0.4) is 0 Å². The molecular weight excluding hydrogens is 336 g/mol. The maximum Gasteiger partial charge on any atom is 0.133 e. The topological polar surface area (TPSA) is 69.9 Å². The van der Waals surface area contributed by atoms with E-state index in [1.807, 2.05) is 30.3 Å². The van der Waals surface area contributed by atoms with Crippen molar-refractivity contribution >= 4 is 15.9 Å². The van der Waals surface area contributed by atoms with Gasteiger partial charge in [-0.25, -0.2) is 0 Å². The molecule has 0 saturated heterocycles. The molecule has 0 spiro atoms. The average molecular weight is 353 g/mol. The number of benzene rings is 2. The number of hydrogen-bond donors (Lipinski definition) is 3. The lowest BCUT2D eigenvalue weighted by Crippen LogP contribution is -2.05. The predicted molar refractivity (Wildman–Crippen MR) is 84.5 cm³/mol. The molecular formula is C16H17BrO4. The van der Waals surface area contributed by atoms with E-state index in [4.69, 9.17) is 9.84 Å². The van der Waals surface area contributed by atoms with Crippen LogP contribution in [0.1, 0.15) is 5.56 Å². The lowest BCUT2D eigenvalue weighted by molar-refractivity contribution is 0.0944. The van der Waals surface area contributed by atoms with Gasteiger partial charge >= 0.3 is 0 Å². The van der Waals surface area contributed by atoms with Crippen molar-refractivity contribution in [2.45, 2.75) is 6.42 Å². The van der Waals surface area contributed by atoms with Gasteiger partial charge in [0, 0.05) is 11.6 Å². The lowest BCUT2D eigenvalue weighted by atomic mass is 9.96. The van der Waals surface area contributed by atoms with E-state index in [0.717, 1.165) is 11.1 Å². The number of aliphatic hydroxyl groups excluding tert-OH is 1. The molecule has 0 aliphatic rings. The average Bonchev–Trinajstić information content (AvgIpc) is 2.49. The maximum atomic E-state index is 10.2. The zero-order valence-electron chi connectivity index (χ0n) is 11.4. The van der Waals surface area contributed by atoms with E-state index in [1.165, 1.54) is 6.07 Å². The van der Waals surface area contributed by atoms with Crippen LogP contribution in [0.25, 0.3) is 11.1 Å². The second-order valence-corrected chi connectivity index (χ2v) is 5.33. The number of aliphatic hydroxyl groups is 1. The number of phenolic OH excluding ortho intramolecular Hbond substituents is 2. The molecule has 2 aromatic carbocycles. The summed E-state index contributed by atoms with van der Waals surface area (Å²) in [4.78, 5) is 0. The summed E-state index contributed by atoms with van der Waals surface area (Å²) in [5.41, 5.74) is 2.32. The van der Waals surface area contributed by atoms with Crippen LogP contribution >= 0.6 is 15.9 Å². The van der Waals surface area contributed by atoms with E-state index < -0.39 is 0 Å². The Bertz CT molecular complexity index is 599. The van der Waals surface area contributed by atoms with Gasteiger partial charge < -0.3 is 20.1 Å². The summed E-state index contributed by atoms with van der Waals surface area (Å²) in [5, 5.41) is 28.8. The molecule has 0 aliphatic heterocycles. The minimum absolute atomic E-state index is 0.00987. The molecule has 0 heterocycles. The third-order valence-electron chi connectivity index (χ3n) is 3.12. The van der Waals surface area contributed by atoms with E-state index in [2.05, 4.69) is 15.9 Å². The zero-order chi connectivity index (χ0) is 15.2. The number of phenols is 2. The van der Waals surface area contributed by atoms with Crippen LogP contribution in [0.2, 0.25) is 0 Å². The van der Waals surface area contributed by atoms with E-state index in [9.17, 15) is 10.2 Å². The van der Waals surface area contributed by atoms with E-state index in [-0.39, 0.29) is 24.7 Å². The summed E-state index contributed by atoms with van der Waals surface area (Å²) in [6.07, 6.45) is 0.507. The largest absolute Gasteiger partial charge is 0.507 e. The van der Waals surface area contributed by atoms with Crippen LogP contribution in [-0.4, -0.2) is 35.1 Å². The normalized spacial score (nSPS) is 10.8. The first-order chi connectivity index (χ1) is 10.1. The number of hydrogen-bond acceptors (Lipinski definition) is 4. The zero-order valence-corrected chi connectivity index (χ0v) is 13.0. The van der Waals surface area contributed by atoms with Crippen LogP contribution in [0.15, 0.2) is 40.9 Å². The van der Waals surface area contributed by atoms with Crippen molar-refractivity contribution in [3.63, 3.8) is 0 Å². The highest BCUT2D eigenvalue weighted by Gasteiger charge is 2.17. The first-order valence-electron chi connectivity index (χ1n) is 6.62. The van der Waals surface area contributed by atoms with Gasteiger partial charge in [-0.1, -0.05) is 30.3 Å². The van der Waals surface area contributed by atoms with Crippen molar-refractivity contribution < 1.29 is 20.1 Å². The lowest BCUT2D eigenvalue weighted by Gasteiger charge is -2.15. The Morgan fingerprint density at radius 2 is 1.71 bits per heavy atom. The van der Waals surface area contributed by atoms with Crippen molar-refractivity contribution in [3.05, 3.63) is 46.4 Å². The number of rotatable bonds is 6. The summed E-state index contributed by atoms with van der Waals surface area (Å²) in [7, 11) is 0. The SMILES string of the molecule is OCCOCCc1c(Br)c(O)cc(O)c1-c1ccccc1. The molecule has 0 atom stereocenters. The second kappa shape index (κ2) is 7.45. The molecule has 3 N–H and O–H groups in total. The second-order valence-electron chi connectivity index (χ2n) is 4.53. The quantitative estimate of drug-likeness (QED) is 0.698. The van der Waals surface area contributed by atoms with Crippen molar-refractivity contribution in [2.24, 2.45) is 0 Å². The highest BCUT2D eigenvalue weighted by atomic mass is 79.9. The number of aromatic hydroxyl groups is 2. The number of ether oxygens (including phenoxy) is 1. The summed E-state index contributed by atoms with van der Waals surface area (Å²) in [6.45, 7) is 0.628. The molecule has 0 amide bonds. The third kappa shape index (κ3) is 3.75. The van der Waals surface area contributed by atoms with Gasteiger partial charge in [-0.15, -0.1) is 0 Å². The Labute approximate surface area is 131 Å². The molecule has 4 nitrogen and oxygen atoms in total. The van der Waals surface area contributed by atoms with E-state index >= 15 is 0 Å². The van der Waals surface area contributed by atoms with Gasteiger partial charge in [0.1, 0.15) is 11.5 Å². The van der Waals surface area contributed by atoms with Gasteiger partial charge in [0.25, 0.3) is 0 Å². The van der Waals surface area contributed by atoms with Crippen LogP contribution < -0.4 is 0 Å². The number of halogens is 1. The Kier molecular flexibility index (Phi) is 5.61. The highest BCUT2D eigenvalue weighted by Crippen LogP contribution is 2.42. The van der Waals surface area contributed by atoms with Crippen molar-refractivity contribution in [3.8, 4) is 22.6 Å². The molecule has 0 fully saturated rings. The Morgan fingerprint density at radius 1 is 1.00 bits per heavy atom. The Morgan fingerprint density at radius 3 is 2.38 bits per heavy atom. The molecule has 0 saturated carbocycles. The molecule has 112 valence electrons. The monoisotopic (exact) mass is 352 g/mol. The van der Waals surface area contributed by atoms with Gasteiger partial charge in [0.2, 0.25) is 0 Å². The summed E-state index contributed by atoms with van der Waals surface area (Å²) >= 11 is 3.37. The fourth-order valence-electron chi connectivity index (χ4n) is 2.19. The molecule has 0 radical (unpaired) electrons. The molecule has 2 rings (SSSR count). The summed E-state index contributed by atoms with van der Waals surface area (Å²) < 4.78 is 5.83. The van der Waals surface area contributed by atoms with Crippen molar-refractivity contribution in [1.82, 2.24) is 0 Å².